The van der Waals surface area contributed by atoms with Gasteiger partial charge < -0.3 is 10.3 Å². The lowest BCUT2D eigenvalue weighted by atomic mass is 10.1. The third-order valence-corrected chi connectivity index (χ3v) is 2.75. The number of imidazole rings is 1. The summed E-state index contributed by atoms with van der Waals surface area (Å²) in [5, 5.41) is 4.15. The molecule has 1 aromatic carbocycles. The molecule has 0 aliphatic carbocycles. The van der Waals surface area contributed by atoms with Crippen LogP contribution < -0.4 is 5.32 Å². The highest BCUT2D eigenvalue weighted by Crippen LogP contribution is 2.16. The van der Waals surface area contributed by atoms with Crippen molar-refractivity contribution in [3.8, 4) is 0 Å². The summed E-state index contributed by atoms with van der Waals surface area (Å²) in [4.78, 5) is 7.22. The van der Waals surface area contributed by atoms with E-state index in [2.05, 4.69) is 22.2 Å². The molecule has 2 N–H and O–H groups in total. The highest BCUT2D eigenvalue weighted by atomic mass is 35.5. The number of nitrogens with zero attached hydrogens (tertiary/aromatic N) is 1. The van der Waals surface area contributed by atoms with Crippen LogP contribution in [0.4, 0.5) is 0 Å². The summed E-state index contributed by atoms with van der Waals surface area (Å²) < 4.78 is 0. The van der Waals surface area contributed by atoms with Gasteiger partial charge in [-0.25, -0.2) is 4.98 Å². The Bertz CT molecular complexity index is 422. The van der Waals surface area contributed by atoms with Gasteiger partial charge in [0, 0.05) is 23.5 Å². The van der Waals surface area contributed by atoms with E-state index in [4.69, 9.17) is 11.6 Å². The predicted octanol–water partition coefficient (Wildman–Crippen LogP) is 2.91. The number of aromatic amines is 1. The Kier molecular flexibility index (Phi) is 3.59. The molecule has 16 heavy (non-hydrogen) atoms. The van der Waals surface area contributed by atoms with Gasteiger partial charge in [-0.2, -0.15) is 0 Å². The van der Waals surface area contributed by atoms with Crippen LogP contribution in [0.25, 0.3) is 0 Å². The Hall–Kier alpha value is -1.32. The molecule has 4 heteroatoms. The molecular weight excluding hydrogens is 222 g/mol. The van der Waals surface area contributed by atoms with E-state index >= 15 is 0 Å². The summed E-state index contributed by atoms with van der Waals surface area (Å²) in [6.45, 7) is 2.85. The Morgan fingerprint density at radius 1 is 1.38 bits per heavy atom. The summed E-state index contributed by atoms with van der Waals surface area (Å²) in [6.07, 6.45) is 3.58. The fourth-order valence-corrected chi connectivity index (χ4v) is 1.64. The topological polar surface area (TPSA) is 40.7 Å². The second-order valence-corrected chi connectivity index (χ2v) is 4.13. The summed E-state index contributed by atoms with van der Waals surface area (Å²) in [7, 11) is 0. The quantitative estimate of drug-likeness (QED) is 0.856. The van der Waals surface area contributed by atoms with Gasteiger partial charge in [0.05, 0.1) is 6.54 Å². The zero-order chi connectivity index (χ0) is 11.4. The number of hydrogen-bond donors (Lipinski definition) is 2. The van der Waals surface area contributed by atoms with Gasteiger partial charge in [0.1, 0.15) is 5.82 Å². The van der Waals surface area contributed by atoms with Crippen molar-refractivity contribution in [1.82, 2.24) is 15.3 Å². The van der Waals surface area contributed by atoms with Gasteiger partial charge in [-0.3, -0.25) is 0 Å². The molecule has 0 spiro atoms. The lowest BCUT2D eigenvalue weighted by Gasteiger charge is -2.13. The van der Waals surface area contributed by atoms with Crippen molar-refractivity contribution in [2.45, 2.75) is 19.5 Å². The zero-order valence-corrected chi connectivity index (χ0v) is 9.83. The molecule has 0 amide bonds. The number of rotatable bonds is 4. The molecule has 84 valence electrons. The van der Waals surface area contributed by atoms with Crippen LogP contribution in [0.5, 0.6) is 0 Å². The monoisotopic (exact) mass is 235 g/mol. The Morgan fingerprint density at radius 2 is 2.12 bits per heavy atom. The van der Waals surface area contributed by atoms with Gasteiger partial charge in [-0.15, -0.1) is 0 Å². The molecule has 0 saturated carbocycles. The highest BCUT2D eigenvalue weighted by Gasteiger charge is 2.04. The summed E-state index contributed by atoms with van der Waals surface area (Å²) in [5.74, 6) is 0.945. The molecule has 0 aliphatic rings. The van der Waals surface area contributed by atoms with Crippen molar-refractivity contribution < 1.29 is 0 Å². The molecular formula is C12H14ClN3. The van der Waals surface area contributed by atoms with E-state index in [0.717, 1.165) is 17.4 Å². The van der Waals surface area contributed by atoms with E-state index in [-0.39, 0.29) is 6.04 Å². The van der Waals surface area contributed by atoms with Gasteiger partial charge in [-0.05, 0) is 24.6 Å². The molecule has 2 aromatic rings. The van der Waals surface area contributed by atoms with Crippen LogP contribution in [0.2, 0.25) is 5.02 Å². The average Bonchev–Trinajstić information content (AvgIpc) is 2.80. The molecule has 0 radical (unpaired) electrons. The van der Waals surface area contributed by atoms with E-state index in [1.165, 1.54) is 5.56 Å². The number of hydrogen-bond acceptors (Lipinski definition) is 2. The van der Waals surface area contributed by atoms with Gasteiger partial charge in [0.2, 0.25) is 0 Å². The molecule has 1 aromatic heterocycles. The van der Waals surface area contributed by atoms with Gasteiger partial charge in [-0.1, -0.05) is 23.7 Å². The maximum absolute atomic E-state index is 5.84. The second-order valence-electron chi connectivity index (χ2n) is 3.69. The van der Waals surface area contributed by atoms with E-state index in [9.17, 15) is 0 Å². The maximum atomic E-state index is 5.84. The number of halogens is 1. The molecule has 0 fully saturated rings. The van der Waals surface area contributed by atoms with Crippen LogP contribution in [0.15, 0.2) is 36.7 Å². The van der Waals surface area contributed by atoms with Gasteiger partial charge in [0.25, 0.3) is 0 Å². The van der Waals surface area contributed by atoms with Crippen LogP contribution in [0.1, 0.15) is 24.4 Å². The van der Waals surface area contributed by atoms with Crippen molar-refractivity contribution in [3.05, 3.63) is 53.1 Å². The second kappa shape index (κ2) is 5.14. The molecule has 0 unspecified atom stereocenters. The lowest BCUT2D eigenvalue weighted by Crippen LogP contribution is -2.18. The molecule has 0 aliphatic heterocycles. The Morgan fingerprint density at radius 3 is 2.75 bits per heavy atom. The predicted molar refractivity (Wildman–Crippen MR) is 65.3 cm³/mol. The number of H-pyrrole nitrogens is 1. The molecule has 0 saturated heterocycles. The minimum absolute atomic E-state index is 0.280. The molecule has 3 nitrogen and oxygen atoms in total. The molecule has 1 atom stereocenters. The van der Waals surface area contributed by atoms with Crippen LogP contribution in [-0.4, -0.2) is 9.97 Å². The minimum Gasteiger partial charge on any atom is -0.348 e. The molecule has 2 rings (SSSR count). The number of aromatic nitrogens is 2. The standard InChI is InChI=1S/C12H14ClN3/c1-9(10-2-4-11(13)5-3-10)16-8-12-14-6-7-15-12/h2-7,9,16H,8H2,1H3,(H,14,15)/t9-/m0/s1. The lowest BCUT2D eigenvalue weighted by molar-refractivity contribution is 0.562. The first-order valence-electron chi connectivity index (χ1n) is 5.23. The summed E-state index contributed by atoms with van der Waals surface area (Å²) in [6, 6.07) is 8.15. The number of benzene rings is 1. The first-order valence-corrected chi connectivity index (χ1v) is 5.60. The summed E-state index contributed by atoms with van der Waals surface area (Å²) in [5.41, 5.74) is 1.22. The fourth-order valence-electron chi connectivity index (χ4n) is 1.51. The molecule has 1 heterocycles. The normalized spacial score (nSPS) is 12.6. The maximum Gasteiger partial charge on any atom is 0.120 e. The molecule has 0 bridgehead atoms. The smallest absolute Gasteiger partial charge is 0.120 e. The van der Waals surface area contributed by atoms with Crippen LogP contribution in [0.3, 0.4) is 0 Å². The van der Waals surface area contributed by atoms with Crippen LogP contribution in [0, 0.1) is 0 Å². The fraction of sp³-hybridized carbons (Fsp3) is 0.250. The minimum atomic E-state index is 0.280. The SMILES string of the molecule is C[C@H](NCc1ncc[nH]1)c1ccc(Cl)cc1. The van der Waals surface area contributed by atoms with Crippen molar-refractivity contribution in [2.75, 3.05) is 0 Å². The van der Waals surface area contributed by atoms with E-state index in [0.29, 0.717) is 0 Å². The first kappa shape index (κ1) is 11.2. The number of nitrogens with one attached hydrogen (secondary N) is 2. The van der Waals surface area contributed by atoms with Gasteiger partial charge >= 0.3 is 0 Å². The van der Waals surface area contributed by atoms with Crippen molar-refractivity contribution in [3.63, 3.8) is 0 Å². The van der Waals surface area contributed by atoms with E-state index < -0.39 is 0 Å². The summed E-state index contributed by atoms with van der Waals surface area (Å²) >= 11 is 5.84. The first-order chi connectivity index (χ1) is 7.75. The van der Waals surface area contributed by atoms with Crippen molar-refractivity contribution in [1.29, 1.82) is 0 Å². The van der Waals surface area contributed by atoms with Crippen LogP contribution >= 0.6 is 11.6 Å². The largest absolute Gasteiger partial charge is 0.348 e. The Balaban J connectivity index is 1.93. The van der Waals surface area contributed by atoms with E-state index in [1.807, 2.05) is 30.5 Å². The third-order valence-electron chi connectivity index (χ3n) is 2.50. The highest BCUT2D eigenvalue weighted by molar-refractivity contribution is 6.30. The third kappa shape index (κ3) is 2.84. The van der Waals surface area contributed by atoms with Crippen LogP contribution in [-0.2, 0) is 6.54 Å². The average molecular weight is 236 g/mol. The van der Waals surface area contributed by atoms with E-state index in [1.54, 1.807) is 6.20 Å². The van der Waals surface area contributed by atoms with Crippen molar-refractivity contribution in [2.24, 2.45) is 0 Å². The van der Waals surface area contributed by atoms with Gasteiger partial charge in [0.15, 0.2) is 0 Å². The van der Waals surface area contributed by atoms with Crippen molar-refractivity contribution >= 4 is 11.6 Å². The Labute approximate surface area is 99.9 Å². The zero-order valence-electron chi connectivity index (χ0n) is 9.07.